The molecule has 1 unspecified atom stereocenters. The van der Waals surface area contributed by atoms with Gasteiger partial charge in [0.05, 0.1) is 24.4 Å². The van der Waals surface area contributed by atoms with Crippen molar-refractivity contribution in [3.05, 3.63) is 74.9 Å². The van der Waals surface area contributed by atoms with E-state index in [2.05, 4.69) is 33.2 Å². The van der Waals surface area contributed by atoms with Crippen LogP contribution in [0.2, 0.25) is 0 Å². The molecule has 0 aliphatic carbocycles. The number of esters is 2. The first kappa shape index (κ1) is 22.4. The third-order valence-electron chi connectivity index (χ3n) is 6.06. The quantitative estimate of drug-likeness (QED) is 0.353. The highest BCUT2D eigenvalue weighted by molar-refractivity contribution is 14.1. The van der Waals surface area contributed by atoms with Gasteiger partial charge in [-0.2, -0.15) is 0 Å². The van der Waals surface area contributed by atoms with Gasteiger partial charge in [-0.15, -0.1) is 0 Å². The normalized spacial score (nSPS) is 18.3. The summed E-state index contributed by atoms with van der Waals surface area (Å²) in [4.78, 5) is 40.7. The van der Waals surface area contributed by atoms with Crippen LogP contribution in [0.1, 0.15) is 25.0 Å². The number of carbonyl (C=O) groups is 3. The Morgan fingerprint density at radius 2 is 1.65 bits per heavy atom. The van der Waals surface area contributed by atoms with Crippen LogP contribution in [-0.4, -0.2) is 31.1 Å². The third-order valence-corrected chi connectivity index (χ3v) is 6.73. The number of benzene rings is 3. The topological polar surface area (TPSA) is 93.7 Å². The summed E-state index contributed by atoms with van der Waals surface area (Å²) in [7, 11) is 0. The fraction of sp³-hybridized carbons (Fsp3) is 0.192. The summed E-state index contributed by atoms with van der Waals surface area (Å²) in [5, 5.41) is 7.85. The van der Waals surface area contributed by atoms with Gasteiger partial charge >= 0.3 is 11.9 Å². The molecule has 0 bridgehead atoms. The number of ether oxygens (including phenoxy) is 2. The molecule has 0 saturated carbocycles. The van der Waals surface area contributed by atoms with E-state index < -0.39 is 23.4 Å². The van der Waals surface area contributed by atoms with Crippen molar-refractivity contribution in [1.29, 1.82) is 0 Å². The Balaban J connectivity index is 1.94. The molecule has 2 heterocycles. The minimum atomic E-state index is -1.65. The summed E-state index contributed by atoms with van der Waals surface area (Å²) >= 11 is 2.15. The highest BCUT2D eigenvalue weighted by Crippen LogP contribution is 2.52. The number of anilines is 2. The number of halogens is 1. The SMILES string of the molecule is CCOC(=O)C1=C(C(=O)OCC)C2(Nc3ccc4ccccc4c31)C(=O)Nc1ccc(I)cc12. The number of amides is 1. The van der Waals surface area contributed by atoms with Crippen LogP contribution in [0.4, 0.5) is 11.4 Å². The zero-order valence-electron chi connectivity index (χ0n) is 18.5. The van der Waals surface area contributed by atoms with Crippen molar-refractivity contribution in [2.24, 2.45) is 0 Å². The van der Waals surface area contributed by atoms with Gasteiger partial charge in [0.15, 0.2) is 5.54 Å². The lowest BCUT2D eigenvalue weighted by Crippen LogP contribution is -2.49. The summed E-state index contributed by atoms with van der Waals surface area (Å²) in [5.74, 6) is -1.90. The number of fused-ring (bicyclic) bond motifs is 5. The maximum absolute atomic E-state index is 13.7. The monoisotopic (exact) mass is 568 g/mol. The number of carbonyl (C=O) groups excluding carboxylic acids is 3. The second-order valence-corrected chi connectivity index (χ2v) is 9.16. The van der Waals surface area contributed by atoms with Gasteiger partial charge in [0.25, 0.3) is 5.91 Å². The molecule has 2 N–H and O–H groups in total. The Kier molecular flexibility index (Phi) is 5.55. The maximum atomic E-state index is 13.7. The van der Waals surface area contributed by atoms with Gasteiger partial charge in [-0.05, 0) is 71.5 Å². The molecule has 5 rings (SSSR count). The van der Waals surface area contributed by atoms with Gasteiger partial charge in [-0.25, -0.2) is 9.59 Å². The Hall–Kier alpha value is -3.40. The number of hydrogen-bond acceptors (Lipinski definition) is 6. The van der Waals surface area contributed by atoms with E-state index in [-0.39, 0.29) is 24.4 Å². The number of rotatable bonds is 4. The van der Waals surface area contributed by atoms with Crippen LogP contribution in [0.3, 0.4) is 0 Å². The minimum absolute atomic E-state index is 0.0349. The Morgan fingerprint density at radius 1 is 0.941 bits per heavy atom. The molecule has 3 aromatic carbocycles. The average molecular weight is 568 g/mol. The summed E-state index contributed by atoms with van der Waals surface area (Å²) < 4.78 is 11.7. The van der Waals surface area contributed by atoms with Crippen LogP contribution in [0.5, 0.6) is 0 Å². The van der Waals surface area contributed by atoms with Crippen LogP contribution >= 0.6 is 22.6 Å². The summed E-state index contributed by atoms with van der Waals surface area (Å²) in [5.41, 5.74) is 0.483. The first-order valence-electron chi connectivity index (χ1n) is 10.9. The minimum Gasteiger partial charge on any atom is -0.463 e. The van der Waals surface area contributed by atoms with E-state index in [1.54, 1.807) is 19.9 Å². The summed E-state index contributed by atoms with van der Waals surface area (Å²) in [6, 6.07) is 16.8. The average Bonchev–Trinajstić information content (AvgIpc) is 3.09. The molecule has 34 heavy (non-hydrogen) atoms. The van der Waals surface area contributed by atoms with Crippen LogP contribution in [0.15, 0.2) is 60.2 Å². The summed E-state index contributed by atoms with van der Waals surface area (Å²) in [6.07, 6.45) is 0. The van der Waals surface area contributed by atoms with E-state index in [1.165, 1.54) is 0 Å². The van der Waals surface area contributed by atoms with Crippen LogP contribution in [0, 0.1) is 3.57 Å². The zero-order chi connectivity index (χ0) is 24.0. The van der Waals surface area contributed by atoms with E-state index in [0.29, 0.717) is 22.5 Å². The molecule has 1 atom stereocenters. The van der Waals surface area contributed by atoms with E-state index in [4.69, 9.17) is 9.47 Å². The van der Waals surface area contributed by atoms with Crippen molar-refractivity contribution in [2.75, 3.05) is 23.8 Å². The van der Waals surface area contributed by atoms with Crippen molar-refractivity contribution in [2.45, 2.75) is 19.4 Å². The van der Waals surface area contributed by atoms with Gasteiger partial charge in [0, 0.05) is 26.1 Å². The molecular formula is C26H21IN2O5. The molecule has 2 aliphatic rings. The third kappa shape index (κ3) is 3.19. The fourth-order valence-electron chi connectivity index (χ4n) is 4.73. The van der Waals surface area contributed by atoms with E-state index in [9.17, 15) is 14.4 Å². The molecule has 172 valence electrons. The molecule has 2 aliphatic heterocycles. The standard InChI is InChI=1S/C26H21IN2O5/c1-3-33-23(30)21-20-16-8-6-5-7-14(16)9-11-19(20)29-26(22(21)24(31)34-4-2)17-13-15(27)10-12-18(17)28-25(26)32/h5-13,29H,3-4H2,1-2H3,(H,28,32). The first-order chi connectivity index (χ1) is 16.4. The molecule has 8 heteroatoms. The van der Waals surface area contributed by atoms with Crippen molar-refractivity contribution < 1.29 is 23.9 Å². The van der Waals surface area contributed by atoms with Gasteiger partial charge in [0.2, 0.25) is 0 Å². The predicted octanol–water partition coefficient (Wildman–Crippen LogP) is 4.60. The molecule has 0 aromatic heterocycles. The second-order valence-electron chi connectivity index (χ2n) is 7.92. The van der Waals surface area contributed by atoms with Crippen molar-refractivity contribution >= 4 is 68.2 Å². The molecule has 0 radical (unpaired) electrons. The Bertz CT molecular complexity index is 1410. The fourth-order valence-corrected chi connectivity index (χ4v) is 5.23. The predicted molar refractivity (Wildman–Crippen MR) is 137 cm³/mol. The Labute approximate surface area is 209 Å². The van der Waals surface area contributed by atoms with Crippen molar-refractivity contribution in [3.63, 3.8) is 0 Å². The van der Waals surface area contributed by atoms with Crippen LogP contribution in [0.25, 0.3) is 16.3 Å². The molecule has 0 saturated heterocycles. The van der Waals surface area contributed by atoms with E-state index in [1.807, 2.05) is 48.5 Å². The number of nitrogens with one attached hydrogen (secondary N) is 2. The van der Waals surface area contributed by atoms with Gasteiger partial charge < -0.3 is 20.1 Å². The summed E-state index contributed by atoms with van der Waals surface area (Å²) in [6.45, 7) is 3.57. The van der Waals surface area contributed by atoms with Crippen LogP contribution < -0.4 is 10.6 Å². The van der Waals surface area contributed by atoms with E-state index in [0.717, 1.165) is 14.3 Å². The lowest BCUT2D eigenvalue weighted by Gasteiger charge is -2.37. The lowest BCUT2D eigenvalue weighted by atomic mass is 9.75. The lowest BCUT2D eigenvalue weighted by molar-refractivity contribution is -0.141. The molecule has 7 nitrogen and oxygen atoms in total. The van der Waals surface area contributed by atoms with Crippen molar-refractivity contribution in [1.82, 2.24) is 0 Å². The molecule has 0 fully saturated rings. The molecule has 1 amide bonds. The van der Waals surface area contributed by atoms with Gasteiger partial charge in [-0.1, -0.05) is 30.3 Å². The first-order valence-corrected chi connectivity index (χ1v) is 12.0. The number of hydrogen-bond donors (Lipinski definition) is 2. The van der Waals surface area contributed by atoms with Crippen LogP contribution in [-0.2, 0) is 29.4 Å². The maximum Gasteiger partial charge on any atom is 0.339 e. The van der Waals surface area contributed by atoms with Crippen molar-refractivity contribution in [3.8, 4) is 0 Å². The largest absolute Gasteiger partial charge is 0.463 e. The van der Waals surface area contributed by atoms with E-state index >= 15 is 0 Å². The second kappa shape index (κ2) is 8.43. The molecule has 3 aromatic rings. The van der Waals surface area contributed by atoms with Gasteiger partial charge in [0.1, 0.15) is 0 Å². The zero-order valence-corrected chi connectivity index (χ0v) is 20.7. The molecule has 1 spiro atoms. The highest BCUT2D eigenvalue weighted by atomic mass is 127. The highest BCUT2D eigenvalue weighted by Gasteiger charge is 2.57. The molecular weight excluding hydrogens is 547 g/mol. The smallest absolute Gasteiger partial charge is 0.339 e. The Morgan fingerprint density at radius 3 is 2.41 bits per heavy atom. The van der Waals surface area contributed by atoms with Gasteiger partial charge in [-0.3, -0.25) is 4.79 Å².